The minimum absolute atomic E-state index is 0.0436. The Morgan fingerprint density at radius 1 is 1.33 bits per heavy atom. The topological polar surface area (TPSA) is 102 Å². The zero-order valence-electron chi connectivity index (χ0n) is 11.8. The highest BCUT2D eigenvalue weighted by Gasteiger charge is 2.22. The number of rotatable bonds is 4. The van der Waals surface area contributed by atoms with Crippen molar-refractivity contribution in [3.05, 3.63) is 34.3 Å². The second-order valence-electron chi connectivity index (χ2n) is 4.63. The fraction of sp³-hybridized carbons (Fsp3) is 0.231. The van der Waals surface area contributed by atoms with E-state index in [2.05, 4.69) is 9.71 Å². The van der Waals surface area contributed by atoms with Gasteiger partial charge >= 0.3 is 0 Å². The molecule has 0 atom stereocenters. The van der Waals surface area contributed by atoms with Gasteiger partial charge in [0.2, 0.25) is 0 Å². The number of nitrogens with one attached hydrogen (secondary N) is 1. The Bertz CT molecular complexity index is 810. The molecule has 3 N–H and O–H groups in total. The van der Waals surface area contributed by atoms with Gasteiger partial charge in [-0.05, 0) is 31.0 Å². The van der Waals surface area contributed by atoms with Crippen LogP contribution in [0.5, 0.6) is 0 Å². The highest BCUT2D eigenvalue weighted by atomic mass is 32.2. The van der Waals surface area contributed by atoms with Gasteiger partial charge in [0.1, 0.15) is 10.6 Å². The number of nitrogen functional groups attached to an aromatic ring is 1. The molecular weight excluding hydrogens is 310 g/mol. The first-order chi connectivity index (χ1) is 9.72. The van der Waals surface area contributed by atoms with Crippen molar-refractivity contribution >= 4 is 38.0 Å². The summed E-state index contributed by atoms with van der Waals surface area (Å²) in [5.74, 6) is -0.219. The molecule has 0 saturated heterocycles. The Morgan fingerprint density at radius 3 is 2.57 bits per heavy atom. The molecule has 0 radical (unpaired) electrons. The molecule has 0 aliphatic carbocycles. The third-order valence-electron chi connectivity index (χ3n) is 3.06. The second kappa shape index (κ2) is 5.45. The Kier molecular flexibility index (Phi) is 4.02. The van der Waals surface area contributed by atoms with Crippen LogP contribution in [0.3, 0.4) is 0 Å². The van der Waals surface area contributed by atoms with Crippen molar-refractivity contribution < 1.29 is 13.2 Å². The molecule has 2 rings (SSSR count). The first kappa shape index (κ1) is 15.5. The number of thiazole rings is 1. The maximum Gasteiger partial charge on any atom is 0.265 e. The number of nitrogens with two attached hydrogens (primary N) is 1. The molecule has 0 bridgehead atoms. The van der Waals surface area contributed by atoms with E-state index in [9.17, 15) is 13.2 Å². The molecule has 0 fully saturated rings. The SMILES string of the molecule is CC(=O)c1csc(NS(=O)(=O)c2c(N)ccc(C)c2C)n1. The lowest BCUT2D eigenvalue weighted by Crippen LogP contribution is -2.16. The van der Waals surface area contributed by atoms with Gasteiger partial charge in [-0.1, -0.05) is 6.07 Å². The van der Waals surface area contributed by atoms with E-state index in [1.54, 1.807) is 19.1 Å². The minimum Gasteiger partial charge on any atom is -0.398 e. The summed E-state index contributed by atoms with van der Waals surface area (Å²) in [4.78, 5) is 15.2. The molecule has 21 heavy (non-hydrogen) atoms. The van der Waals surface area contributed by atoms with E-state index >= 15 is 0 Å². The highest BCUT2D eigenvalue weighted by Crippen LogP contribution is 2.28. The molecule has 0 saturated carbocycles. The number of hydrogen-bond donors (Lipinski definition) is 2. The number of ketones is 1. The fourth-order valence-electron chi connectivity index (χ4n) is 1.82. The van der Waals surface area contributed by atoms with Crippen molar-refractivity contribution in [3.8, 4) is 0 Å². The number of anilines is 2. The highest BCUT2D eigenvalue weighted by molar-refractivity contribution is 7.93. The molecule has 8 heteroatoms. The fourth-order valence-corrected chi connectivity index (χ4v) is 4.25. The Morgan fingerprint density at radius 2 is 2.00 bits per heavy atom. The van der Waals surface area contributed by atoms with Gasteiger partial charge in [-0.3, -0.25) is 9.52 Å². The summed E-state index contributed by atoms with van der Waals surface area (Å²) in [6.45, 7) is 4.88. The number of benzene rings is 1. The lowest BCUT2D eigenvalue weighted by atomic mass is 10.1. The van der Waals surface area contributed by atoms with Crippen LogP contribution in [0.15, 0.2) is 22.4 Å². The number of sulfonamides is 1. The average molecular weight is 325 g/mol. The molecule has 1 heterocycles. The smallest absolute Gasteiger partial charge is 0.265 e. The molecule has 1 aromatic heterocycles. The quantitative estimate of drug-likeness (QED) is 0.663. The first-order valence-electron chi connectivity index (χ1n) is 6.07. The van der Waals surface area contributed by atoms with Crippen LogP contribution < -0.4 is 10.5 Å². The maximum absolute atomic E-state index is 12.5. The van der Waals surface area contributed by atoms with Gasteiger partial charge in [0, 0.05) is 12.3 Å². The van der Waals surface area contributed by atoms with Crippen LogP contribution in [0, 0.1) is 13.8 Å². The van der Waals surface area contributed by atoms with E-state index in [4.69, 9.17) is 5.73 Å². The lowest BCUT2D eigenvalue weighted by Gasteiger charge is -2.12. The van der Waals surface area contributed by atoms with Crippen molar-refractivity contribution in [3.63, 3.8) is 0 Å². The van der Waals surface area contributed by atoms with Gasteiger partial charge < -0.3 is 5.73 Å². The van der Waals surface area contributed by atoms with Gasteiger partial charge in [0.05, 0.1) is 5.69 Å². The maximum atomic E-state index is 12.5. The number of Topliss-reactive ketones (excluding diaryl/α,β-unsaturated/α-hetero) is 1. The summed E-state index contributed by atoms with van der Waals surface area (Å²) >= 11 is 1.05. The normalized spacial score (nSPS) is 11.4. The summed E-state index contributed by atoms with van der Waals surface area (Å²) < 4.78 is 27.3. The molecule has 6 nitrogen and oxygen atoms in total. The molecule has 0 unspecified atom stereocenters. The minimum atomic E-state index is -3.85. The van der Waals surface area contributed by atoms with Gasteiger partial charge in [-0.25, -0.2) is 13.4 Å². The molecule has 0 spiro atoms. The van der Waals surface area contributed by atoms with Crippen molar-refractivity contribution in [2.45, 2.75) is 25.7 Å². The zero-order valence-corrected chi connectivity index (χ0v) is 13.4. The Hall–Kier alpha value is -1.93. The molecule has 1 aromatic carbocycles. The third kappa shape index (κ3) is 3.06. The van der Waals surface area contributed by atoms with Gasteiger partial charge in [-0.15, -0.1) is 11.3 Å². The second-order valence-corrected chi connectivity index (χ2v) is 7.10. The summed E-state index contributed by atoms with van der Waals surface area (Å²) in [6.07, 6.45) is 0. The zero-order chi connectivity index (χ0) is 15.8. The van der Waals surface area contributed by atoms with Crippen LogP contribution in [-0.2, 0) is 10.0 Å². The summed E-state index contributed by atoms with van der Waals surface area (Å²) in [6, 6.07) is 3.32. The van der Waals surface area contributed by atoms with Gasteiger partial charge in [-0.2, -0.15) is 0 Å². The average Bonchev–Trinajstić information content (AvgIpc) is 2.82. The van der Waals surface area contributed by atoms with Gasteiger partial charge in [0.15, 0.2) is 10.9 Å². The summed E-state index contributed by atoms with van der Waals surface area (Å²) in [7, 11) is -3.85. The van der Waals surface area contributed by atoms with Crippen LogP contribution in [0.2, 0.25) is 0 Å². The largest absolute Gasteiger partial charge is 0.398 e. The molecule has 0 aliphatic heterocycles. The molecule has 2 aromatic rings. The lowest BCUT2D eigenvalue weighted by molar-refractivity contribution is 0.101. The van der Waals surface area contributed by atoms with Gasteiger partial charge in [0.25, 0.3) is 10.0 Å². The van der Waals surface area contributed by atoms with Crippen LogP contribution >= 0.6 is 11.3 Å². The van der Waals surface area contributed by atoms with Crippen molar-refractivity contribution in [2.75, 3.05) is 10.5 Å². The number of hydrogen-bond acceptors (Lipinski definition) is 6. The van der Waals surface area contributed by atoms with E-state index in [0.29, 0.717) is 5.56 Å². The molecule has 0 amide bonds. The van der Waals surface area contributed by atoms with Crippen LogP contribution in [0.4, 0.5) is 10.8 Å². The van der Waals surface area contributed by atoms with Crippen LogP contribution in [-0.4, -0.2) is 19.2 Å². The monoisotopic (exact) mass is 325 g/mol. The van der Waals surface area contributed by atoms with Crippen molar-refractivity contribution in [1.82, 2.24) is 4.98 Å². The molecular formula is C13H15N3O3S2. The predicted octanol–water partition coefficient (Wildman–Crippen LogP) is 2.35. The van der Waals surface area contributed by atoms with Crippen molar-refractivity contribution in [1.29, 1.82) is 0 Å². The van der Waals surface area contributed by atoms with E-state index in [-0.39, 0.29) is 27.2 Å². The number of carbonyl (C=O) groups excluding carboxylic acids is 1. The van der Waals surface area contributed by atoms with Crippen LogP contribution in [0.1, 0.15) is 28.5 Å². The van der Waals surface area contributed by atoms with E-state index < -0.39 is 10.0 Å². The van der Waals surface area contributed by atoms with Crippen LogP contribution in [0.25, 0.3) is 0 Å². The first-order valence-corrected chi connectivity index (χ1v) is 8.43. The van der Waals surface area contributed by atoms with E-state index in [1.807, 2.05) is 6.92 Å². The number of nitrogens with zero attached hydrogens (tertiary/aromatic N) is 1. The van der Waals surface area contributed by atoms with E-state index in [1.165, 1.54) is 12.3 Å². The number of carbonyl (C=O) groups is 1. The summed E-state index contributed by atoms with van der Waals surface area (Å²) in [5, 5.41) is 1.65. The Labute approximate surface area is 127 Å². The van der Waals surface area contributed by atoms with Crippen molar-refractivity contribution in [2.24, 2.45) is 0 Å². The standard InChI is InChI=1S/C13H15N3O3S2/c1-7-4-5-10(14)12(8(7)2)21(18,19)16-13-15-11(6-20-13)9(3)17/h4-6H,14H2,1-3H3,(H,15,16). The third-order valence-corrected chi connectivity index (χ3v) is 5.49. The predicted molar refractivity (Wildman–Crippen MR) is 83.3 cm³/mol. The summed E-state index contributed by atoms with van der Waals surface area (Å²) in [5.41, 5.74) is 7.61. The number of aryl methyl sites for hydroxylation is 1. The number of aromatic nitrogens is 1. The Balaban J connectivity index is 2.43. The molecule has 112 valence electrons. The molecule has 0 aliphatic rings. The van der Waals surface area contributed by atoms with E-state index in [0.717, 1.165) is 16.9 Å².